The maximum Gasteiger partial charge on any atom is 0.220 e. The fraction of sp³-hybridized carbons (Fsp3) is 0.421. The minimum atomic E-state index is 0.0403. The van der Waals surface area contributed by atoms with Crippen LogP contribution in [0.25, 0.3) is 0 Å². The summed E-state index contributed by atoms with van der Waals surface area (Å²) in [6, 6.07) is 11.7. The third-order valence-electron chi connectivity index (χ3n) is 4.40. The van der Waals surface area contributed by atoms with Gasteiger partial charge in [-0.3, -0.25) is 4.79 Å². The number of amides is 1. The molecule has 1 fully saturated rings. The van der Waals surface area contributed by atoms with Gasteiger partial charge in [0, 0.05) is 25.3 Å². The summed E-state index contributed by atoms with van der Waals surface area (Å²) >= 11 is 0. The van der Waals surface area contributed by atoms with Crippen LogP contribution in [0.2, 0.25) is 0 Å². The maximum atomic E-state index is 11.9. The van der Waals surface area contributed by atoms with Crippen molar-refractivity contribution in [2.24, 2.45) is 5.92 Å². The van der Waals surface area contributed by atoms with Gasteiger partial charge in [-0.05, 0) is 42.2 Å². The van der Waals surface area contributed by atoms with Crippen LogP contribution in [0.1, 0.15) is 42.8 Å². The Labute approximate surface area is 136 Å². The summed E-state index contributed by atoms with van der Waals surface area (Å²) in [6.45, 7) is 2.77. The molecule has 0 radical (unpaired) electrons. The molecule has 0 spiro atoms. The number of benzene rings is 1. The van der Waals surface area contributed by atoms with E-state index in [0.29, 0.717) is 25.3 Å². The van der Waals surface area contributed by atoms with Crippen LogP contribution in [0.5, 0.6) is 5.75 Å². The highest BCUT2D eigenvalue weighted by molar-refractivity contribution is 5.76. The zero-order chi connectivity index (χ0) is 16.2. The van der Waals surface area contributed by atoms with Crippen molar-refractivity contribution < 1.29 is 13.9 Å². The van der Waals surface area contributed by atoms with Gasteiger partial charge in [0.15, 0.2) is 0 Å². The minimum Gasteiger partial charge on any atom is -0.497 e. The van der Waals surface area contributed by atoms with Gasteiger partial charge in [-0.15, -0.1) is 0 Å². The quantitative estimate of drug-likeness (QED) is 0.848. The highest BCUT2D eigenvalue weighted by Crippen LogP contribution is 2.47. The Bertz CT molecular complexity index is 660. The van der Waals surface area contributed by atoms with Crippen LogP contribution in [0.4, 0.5) is 0 Å². The second-order valence-corrected chi connectivity index (χ2v) is 6.25. The summed E-state index contributed by atoms with van der Waals surface area (Å²) in [6.07, 6.45) is 2.31. The summed E-state index contributed by atoms with van der Waals surface area (Å²) in [5, 5.41) is 2.93. The van der Waals surface area contributed by atoms with Gasteiger partial charge in [-0.25, -0.2) is 0 Å². The van der Waals surface area contributed by atoms with Gasteiger partial charge in [0.1, 0.15) is 17.3 Å². The summed E-state index contributed by atoms with van der Waals surface area (Å²) in [4.78, 5) is 11.9. The first-order chi connectivity index (χ1) is 11.2. The van der Waals surface area contributed by atoms with Crippen LogP contribution >= 0.6 is 0 Å². The molecular formula is C19H23NO3. The smallest absolute Gasteiger partial charge is 0.220 e. The van der Waals surface area contributed by atoms with E-state index in [-0.39, 0.29) is 5.91 Å². The van der Waals surface area contributed by atoms with Gasteiger partial charge in [0.05, 0.1) is 7.11 Å². The molecule has 1 saturated carbocycles. The number of carbonyl (C=O) groups is 1. The second kappa shape index (κ2) is 6.90. The van der Waals surface area contributed by atoms with E-state index in [1.165, 1.54) is 6.42 Å². The lowest BCUT2D eigenvalue weighted by atomic mass is 10.2. The first kappa shape index (κ1) is 15.7. The molecule has 1 aromatic heterocycles. The lowest BCUT2D eigenvalue weighted by Crippen LogP contribution is -2.22. The number of rotatable bonds is 7. The zero-order valence-corrected chi connectivity index (χ0v) is 13.7. The van der Waals surface area contributed by atoms with E-state index >= 15 is 0 Å². The molecule has 1 aromatic carbocycles. The summed E-state index contributed by atoms with van der Waals surface area (Å²) in [7, 11) is 1.64. The Morgan fingerprint density at radius 1 is 1.26 bits per heavy atom. The predicted molar refractivity (Wildman–Crippen MR) is 88.4 cm³/mol. The van der Waals surface area contributed by atoms with Crippen LogP contribution in [0.15, 0.2) is 40.8 Å². The predicted octanol–water partition coefficient (Wildman–Crippen LogP) is 3.66. The van der Waals surface area contributed by atoms with E-state index in [4.69, 9.17) is 9.15 Å². The number of carbonyl (C=O) groups excluding carboxylic acids is 1. The average molecular weight is 313 g/mol. The van der Waals surface area contributed by atoms with Crippen LogP contribution in [-0.4, -0.2) is 13.0 Å². The highest BCUT2D eigenvalue weighted by Gasteiger charge is 2.36. The summed E-state index contributed by atoms with van der Waals surface area (Å²) < 4.78 is 10.9. The molecule has 1 amide bonds. The van der Waals surface area contributed by atoms with Gasteiger partial charge in [-0.2, -0.15) is 0 Å². The maximum absolute atomic E-state index is 11.9. The Balaban J connectivity index is 1.41. The van der Waals surface area contributed by atoms with Crippen molar-refractivity contribution in [3.63, 3.8) is 0 Å². The molecule has 23 heavy (non-hydrogen) atoms. The lowest BCUT2D eigenvalue weighted by molar-refractivity contribution is -0.121. The minimum absolute atomic E-state index is 0.0403. The lowest BCUT2D eigenvalue weighted by Gasteiger charge is -2.06. The molecule has 0 saturated heterocycles. The number of hydrogen-bond acceptors (Lipinski definition) is 3. The van der Waals surface area contributed by atoms with E-state index in [2.05, 4.69) is 18.3 Å². The van der Waals surface area contributed by atoms with Gasteiger partial charge < -0.3 is 14.5 Å². The Hall–Kier alpha value is -2.23. The second-order valence-electron chi connectivity index (χ2n) is 6.25. The van der Waals surface area contributed by atoms with Gasteiger partial charge in [-0.1, -0.05) is 19.1 Å². The standard InChI is InChI=1S/C19H23NO3/c1-13-11-17(13)18-9-7-16(23-18)8-10-19(21)20-12-14-3-5-15(22-2)6-4-14/h3-7,9,13,17H,8,10-12H2,1-2H3,(H,20,21)/t13-,17-/m0/s1. The van der Waals surface area contributed by atoms with Gasteiger partial charge >= 0.3 is 0 Å². The van der Waals surface area contributed by atoms with Crippen molar-refractivity contribution in [2.45, 2.75) is 38.6 Å². The monoisotopic (exact) mass is 313 g/mol. The number of nitrogens with one attached hydrogen (secondary N) is 1. The van der Waals surface area contributed by atoms with Crippen LogP contribution in [0, 0.1) is 5.92 Å². The van der Waals surface area contributed by atoms with Crippen molar-refractivity contribution >= 4 is 5.91 Å². The third-order valence-corrected chi connectivity index (χ3v) is 4.40. The van der Waals surface area contributed by atoms with Crippen molar-refractivity contribution in [2.75, 3.05) is 7.11 Å². The molecule has 4 heteroatoms. The molecule has 1 N–H and O–H groups in total. The average Bonchev–Trinajstić information content (AvgIpc) is 3.12. The molecule has 1 aliphatic rings. The first-order valence-electron chi connectivity index (χ1n) is 8.14. The topological polar surface area (TPSA) is 51.5 Å². The van der Waals surface area contributed by atoms with Crippen molar-refractivity contribution in [3.05, 3.63) is 53.5 Å². The van der Waals surface area contributed by atoms with Gasteiger partial charge in [0.25, 0.3) is 0 Å². The molecule has 2 aromatic rings. The number of ether oxygens (including phenoxy) is 1. The van der Waals surface area contributed by atoms with E-state index < -0.39 is 0 Å². The molecule has 0 aliphatic heterocycles. The Morgan fingerprint density at radius 3 is 2.65 bits per heavy atom. The van der Waals surface area contributed by atoms with E-state index in [1.54, 1.807) is 7.11 Å². The van der Waals surface area contributed by atoms with Crippen LogP contribution < -0.4 is 10.1 Å². The van der Waals surface area contributed by atoms with E-state index in [1.807, 2.05) is 30.3 Å². The summed E-state index contributed by atoms with van der Waals surface area (Å²) in [5.74, 6) is 4.16. The highest BCUT2D eigenvalue weighted by atomic mass is 16.5. The molecule has 2 atom stereocenters. The van der Waals surface area contributed by atoms with Crippen molar-refractivity contribution in [1.29, 1.82) is 0 Å². The number of aryl methyl sites for hydroxylation is 1. The fourth-order valence-electron chi connectivity index (χ4n) is 2.72. The summed E-state index contributed by atoms with van der Waals surface area (Å²) in [5.41, 5.74) is 1.06. The van der Waals surface area contributed by atoms with E-state index in [0.717, 1.165) is 28.8 Å². The fourth-order valence-corrected chi connectivity index (χ4v) is 2.72. The molecule has 122 valence electrons. The normalized spacial score (nSPS) is 19.4. The molecule has 1 aliphatic carbocycles. The molecular weight excluding hydrogens is 290 g/mol. The molecule has 1 heterocycles. The van der Waals surface area contributed by atoms with Crippen LogP contribution in [0.3, 0.4) is 0 Å². The van der Waals surface area contributed by atoms with Crippen LogP contribution in [-0.2, 0) is 17.8 Å². The Kier molecular flexibility index (Phi) is 4.70. The number of hydrogen-bond donors (Lipinski definition) is 1. The SMILES string of the molecule is COc1ccc(CNC(=O)CCc2ccc([C@H]3C[C@@H]3C)o2)cc1. The largest absolute Gasteiger partial charge is 0.497 e. The number of methoxy groups -OCH3 is 1. The zero-order valence-electron chi connectivity index (χ0n) is 13.7. The Morgan fingerprint density at radius 2 is 2.00 bits per heavy atom. The van der Waals surface area contributed by atoms with Crippen molar-refractivity contribution in [1.82, 2.24) is 5.32 Å². The molecule has 0 unspecified atom stereocenters. The first-order valence-corrected chi connectivity index (χ1v) is 8.14. The molecule has 3 rings (SSSR count). The molecule has 0 bridgehead atoms. The third kappa shape index (κ3) is 4.15. The number of furan rings is 1. The van der Waals surface area contributed by atoms with Gasteiger partial charge in [0.2, 0.25) is 5.91 Å². The van der Waals surface area contributed by atoms with E-state index in [9.17, 15) is 4.79 Å². The molecule has 4 nitrogen and oxygen atoms in total. The van der Waals surface area contributed by atoms with Crippen molar-refractivity contribution in [3.8, 4) is 5.75 Å².